The van der Waals surface area contributed by atoms with E-state index in [1.165, 1.54) is 5.56 Å². The topological polar surface area (TPSA) is 85.4 Å². The van der Waals surface area contributed by atoms with Crippen molar-refractivity contribution in [3.63, 3.8) is 0 Å². The Morgan fingerprint density at radius 1 is 1.35 bits per heavy atom. The summed E-state index contributed by atoms with van der Waals surface area (Å²) in [5, 5.41) is 21.0. The van der Waals surface area contributed by atoms with E-state index in [1.54, 1.807) is 6.07 Å². The summed E-state index contributed by atoms with van der Waals surface area (Å²) in [7, 11) is 0. The third-order valence-electron chi connectivity index (χ3n) is 2.89. The first-order valence-corrected chi connectivity index (χ1v) is 6.60. The molecule has 1 aromatic heterocycles. The molecule has 0 spiro atoms. The highest BCUT2D eigenvalue weighted by Gasteiger charge is 2.09. The van der Waals surface area contributed by atoms with Crippen molar-refractivity contribution in [2.24, 2.45) is 0 Å². The molecule has 4 N–H and O–H groups in total. The first kappa shape index (κ1) is 16.0. The molecule has 0 aliphatic carbocycles. The van der Waals surface area contributed by atoms with Gasteiger partial charge in [-0.2, -0.15) is 0 Å². The Kier molecular flexibility index (Phi) is 6.06. The van der Waals surface area contributed by atoms with Crippen molar-refractivity contribution in [2.75, 3.05) is 0 Å². The number of hydrogen-bond acceptors (Lipinski definition) is 3. The van der Waals surface area contributed by atoms with E-state index in [4.69, 9.17) is 9.90 Å². The third kappa shape index (κ3) is 4.59. The van der Waals surface area contributed by atoms with Crippen LogP contribution >= 0.6 is 0 Å². The van der Waals surface area contributed by atoms with E-state index in [2.05, 4.69) is 31.1 Å². The van der Waals surface area contributed by atoms with E-state index in [0.717, 1.165) is 17.3 Å². The maximum atomic E-state index is 9.52. The molecule has 2 aromatic rings. The minimum Gasteiger partial charge on any atom is -0.508 e. The molecule has 0 amide bonds. The molecule has 0 bridgehead atoms. The summed E-state index contributed by atoms with van der Waals surface area (Å²) < 4.78 is 0. The molecule has 1 aromatic carbocycles. The minimum absolute atomic E-state index is 0.250. The summed E-state index contributed by atoms with van der Waals surface area (Å²) in [6.07, 6.45) is 2.99. The highest BCUT2D eigenvalue weighted by Crippen LogP contribution is 2.23. The van der Waals surface area contributed by atoms with Crippen molar-refractivity contribution >= 4 is 17.4 Å². The molecule has 0 radical (unpaired) electrons. The van der Waals surface area contributed by atoms with Crippen molar-refractivity contribution < 1.29 is 15.0 Å². The number of carbonyl (C=O) groups is 1. The largest absolute Gasteiger partial charge is 0.508 e. The SMILES string of the molecule is CC(C)NC(C)Cc1c[nH]c2ccc(O)cc12.O=CO. The van der Waals surface area contributed by atoms with Crippen molar-refractivity contribution in [2.45, 2.75) is 39.3 Å². The molecule has 0 aliphatic heterocycles. The van der Waals surface area contributed by atoms with Gasteiger partial charge in [0, 0.05) is 29.2 Å². The van der Waals surface area contributed by atoms with Crippen LogP contribution in [0.1, 0.15) is 26.3 Å². The molecule has 1 heterocycles. The Morgan fingerprint density at radius 2 is 2.00 bits per heavy atom. The molecular weight excluding hydrogens is 256 g/mol. The Bertz CT molecular complexity index is 549. The fourth-order valence-electron chi connectivity index (χ4n) is 2.29. The van der Waals surface area contributed by atoms with Gasteiger partial charge in [-0.3, -0.25) is 4.79 Å². The molecule has 1 atom stereocenters. The Balaban J connectivity index is 0.000000612. The lowest BCUT2D eigenvalue weighted by molar-refractivity contribution is -0.122. The van der Waals surface area contributed by atoms with Gasteiger partial charge in [0.25, 0.3) is 6.47 Å². The van der Waals surface area contributed by atoms with Crippen LogP contribution in [0.15, 0.2) is 24.4 Å². The van der Waals surface area contributed by atoms with Crippen molar-refractivity contribution in [3.8, 4) is 5.75 Å². The zero-order valence-corrected chi connectivity index (χ0v) is 12.1. The van der Waals surface area contributed by atoms with Crippen molar-refractivity contribution in [1.29, 1.82) is 0 Å². The van der Waals surface area contributed by atoms with E-state index in [9.17, 15) is 5.11 Å². The normalized spacial score (nSPS) is 12.0. The van der Waals surface area contributed by atoms with Crippen LogP contribution in [-0.2, 0) is 11.2 Å². The maximum absolute atomic E-state index is 9.52. The smallest absolute Gasteiger partial charge is 0.290 e. The van der Waals surface area contributed by atoms with Gasteiger partial charge in [-0.25, -0.2) is 0 Å². The van der Waals surface area contributed by atoms with Gasteiger partial charge < -0.3 is 20.5 Å². The molecule has 110 valence electrons. The van der Waals surface area contributed by atoms with Crippen LogP contribution in [0, 0.1) is 0 Å². The number of phenolic OH excluding ortho intramolecular Hbond substituents is 1. The molecular formula is C15H22N2O3. The first-order chi connectivity index (χ1) is 9.47. The van der Waals surface area contributed by atoms with E-state index in [-0.39, 0.29) is 6.47 Å². The lowest BCUT2D eigenvalue weighted by Gasteiger charge is -2.16. The molecule has 2 rings (SSSR count). The highest BCUT2D eigenvalue weighted by molar-refractivity contribution is 5.84. The average molecular weight is 278 g/mol. The van der Waals surface area contributed by atoms with Crippen LogP contribution in [0.4, 0.5) is 0 Å². The number of benzene rings is 1. The highest BCUT2D eigenvalue weighted by atomic mass is 16.3. The monoisotopic (exact) mass is 278 g/mol. The Labute approximate surface area is 118 Å². The van der Waals surface area contributed by atoms with E-state index in [1.807, 2.05) is 18.3 Å². The number of carboxylic acid groups (broad SMARTS) is 1. The molecule has 0 aliphatic rings. The number of phenols is 1. The van der Waals surface area contributed by atoms with Gasteiger partial charge in [0.2, 0.25) is 0 Å². The zero-order chi connectivity index (χ0) is 15.1. The third-order valence-corrected chi connectivity index (χ3v) is 2.89. The van der Waals surface area contributed by atoms with Gasteiger partial charge >= 0.3 is 0 Å². The van der Waals surface area contributed by atoms with Gasteiger partial charge in [0.1, 0.15) is 5.75 Å². The summed E-state index contributed by atoms with van der Waals surface area (Å²) >= 11 is 0. The van der Waals surface area contributed by atoms with Crippen LogP contribution in [0.3, 0.4) is 0 Å². The number of aromatic hydroxyl groups is 1. The summed E-state index contributed by atoms with van der Waals surface area (Å²) in [6, 6.07) is 6.36. The molecule has 0 saturated heterocycles. The lowest BCUT2D eigenvalue weighted by Crippen LogP contribution is -2.33. The van der Waals surface area contributed by atoms with Gasteiger partial charge in [-0.05, 0) is 37.1 Å². The van der Waals surface area contributed by atoms with E-state index in [0.29, 0.717) is 17.8 Å². The van der Waals surface area contributed by atoms with Crippen LogP contribution in [0.25, 0.3) is 10.9 Å². The van der Waals surface area contributed by atoms with Gasteiger partial charge in [-0.1, -0.05) is 13.8 Å². The fraction of sp³-hybridized carbons (Fsp3) is 0.400. The van der Waals surface area contributed by atoms with Crippen molar-refractivity contribution in [1.82, 2.24) is 10.3 Å². The molecule has 5 nitrogen and oxygen atoms in total. The summed E-state index contributed by atoms with van der Waals surface area (Å²) in [5.41, 5.74) is 2.33. The number of hydrogen-bond donors (Lipinski definition) is 4. The molecule has 5 heteroatoms. The molecule has 0 saturated carbocycles. The number of aromatic amines is 1. The number of fused-ring (bicyclic) bond motifs is 1. The van der Waals surface area contributed by atoms with Crippen LogP contribution in [-0.4, -0.2) is 33.8 Å². The van der Waals surface area contributed by atoms with Crippen LogP contribution in [0.2, 0.25) is 0 Å². The standard InChI is InChI=1S/C14H20N2O.CH2O2/c1-9(2)16-10(3)6-11-8-15-14-5-4-12(17)7-13(11)14;2-1-3/h4-5,7-10,15-17H,6H2,1-3H3;1H,(H,2,3). The second-order valence-electron chi connectivity index (χ2n) is 5.08. The van der Waals surface area contributed by atoms with Crippen molar-refractivity contribution in [3.05, 3.63) is 30.0 Å². The number of aromatic nitrogens is 1. The summed E-state index contributed by atoms with van der Waals surface area (Å²) in [6.45, 7) is 6.23. The van der Waals surface area contributed by atoms with Gasteiger partial charge in [0.15, 0.2) is 0 Å². The summed E-state index contributed by atoms with van der Waals surface area (Å²) in [4.78, 5) is 11.6. The number of H-pyrrole nitrogens is 1. The minimum atomic E-state index is -0.250. The first-order valence-electron chi connectivity index (χ1n) is 6.60. The zero-order valence-electron chi connectivity index (χ0n) is 12.1. The van der Waals surface area contributed by atoms with Crippen LogP contribution in [0.5, 0.6) is 5.75 Å². The predicted molar refractivity (Wildman–Crippen MR) is 80.1 cm³/mol. The Hall–Kier alpha value is -2.01. The lowest BCUT2D eigenvalue weighted by atomic mass is 10.1. The maximum Gasteiger partial charge on any atom is 0.290 e. The van der Waals surface area contributed by atoms with Crippen LogP contribution < -0.4 is 5.32 Å². The second kappa shape index (κ2) is 7.55. The van der Waals surface area contributed by atoms with Gasteiger partial charge in [0.05, 0.1) is 0 Å². The van der Waals surface area contributed by atoms with E-state index >= 15 is 0 Å². The average Bonchev–Trinajstić information content (AvgIpc) is 2.72. The quantitative estimate of drug-likeness (QED) is 0.647. The number of rotatable bonds is 4. The number of nitrogens with one attached hydrogen (secondary N) is 2. The predicted octanol–water partition coefficient (Wildman–Crippen LogP) is 2.50. The van der Waals surface area contributed by atoms with Gasteiger partial charge in [-0.15, -0.1) is 0 Å². The van der Waals surface area contributed by atoms with E-state index < -0.39 is 0 Å². The molecule has 0 fully saturated rings. The fourth-order valence-corrected chi connectivity index (χ4v) is 2.29. The molecule has 20 heavy (non-hydrogen) atoms. The summed E-state index contributed by atoms with van der Waals surface area (Å²) in [5.74, 6) is 0.322. The molecule has 1 unspecified atom stereocenters. The second-order valence-corrected chi connectivity index (χ2v) is 5.08. The Morgan fingerprint density at radius 3 is 2.60 bits per heavy atom.